The highest BCUT2D eigenvalue weighted by Gasteiger charge is 2.28. The first-order valence-electron chi connectivity index (χ1n) is 8.60. The minimum absolute atomic E-state index is 0.0398. The lowest BCUT2D eigenvalue weighted by molar-refractivity contribution is 0.277. The van der Waals surface area contributed by atoms with E-state index in [9.17, 15) is 4.79 Å². The molecule has 1 aromatic carbocycles. The molecular formula is C19H26BrN3O. The van der Waals surface area contributed by atoms with Gasteiger partial charge in [0, 0.05) is 25.0 Å². The maximum Gasteiger partial charge on any atom is 0.262 e. The van der Waals surface area contributed by atoms with Gasteiger partial charge >= 0.3 is 0 Å². The third kappa shape index (κ3) is 3.10. The van der Waals surface area contributed by atoms with E-state index in [1.54, 1.807) is 4.57 Å². The highest BCUT2D eigenvalue weighted by atomic mass is 79.9. The first-order chi connectivity index (χ1) is 11.2. The van der Waals surface area contributed by atoms with E-state index < -0.39 is 0 Å². The average molecular weight is 392 g/mol. The fourth-order valence-corrected chi connectivity index (χ4v) is 3.79. The minimum atomic E-state index is 0.0398. The van der Waals surface area contributed by atoms with Crippen molar-refractivity contribution in [3.63, 3.8) is 0 Å². The molecule has 1 aliphatic heterocycles. The quantitative estimate of drug-likeness (QED) is 0.715. The second-order valence-electron chi connectivity index (χ2n) is 7.79. The topological polar surface area (TPSA) is 38.1 Å². The summed E-state index contributed by atoms with van der Waals surface area (Å²) < 4.78 is 1.71. The number of rotatable bonds is 2. The van der Waals surface area contributed by atoms with E-state index in [0.717, 1.165) is 48.5 Å². The molecule has 0 amide bonds. The molecule has 0 saturated carbocycles. The highest BCUT2D eigenvalue weighted by Crippen LogP contribution is 2.33. The number of benzene rings is 1. The molecule has 0 aliphatic carbocycles. The van der Waals surface area contributed by atoms with Gasteiger partial charge in [0.1, 0.15) is 0 Å². The average Bonchev–Trinajstić information content (AvgIpc) is 2.51. The second-order valence-corrected chi connectivity index (χ2v) is 9.17. The molecule has 1 aliphatic rings. The Morgan fingerprint density at radius 1 is 1.25 bits per heavy atom. The first-order valence-corrected chi connectivity index (χ1v) is 9.51. The van der Waals surface area contributed by atoms with Gasteiger partial charge in [-0.05, 0) is 49.3 Å². The van der Waals surface area contributed by atoms with E-state index >= 15 is 0 Å². The van der Waals surface area contributed by atoms with Gasteiger partial charge in [-0.1, -0.05) is 35.8 Å². The van der Waals surface area contributed by atoms with Crippen molar-refractivity contribution >= 4 is 32.8 Å². The Morgan fingerprint density at radius 2 is 1.88 bits per heavy atom. The molecular weight excluding hydrogens is 366 g/mol. The van der Waals surface area contributed by atoms with Gasteiger partial charge in [-0.2, -0.15) is 0 Å². The number of nitrogens with zero attached hydrogens (tertiary/aromatic N) is 3. The zero-order chi connectivity index (χ0) is 17.6. The molecule has 1 fully saturated rings. The molecule has 3 rings (SSSR count). The minimum Gasteiger partial charge on any atom is -0.342 e. The standard InChI is InChI=1S/C19H26BrN3O/c1-12-10-14(13(2)20)16-15(11-12)17(24)22(5)18(21-16)23-8-6-19(3,4)7-9-23/h10-11,13H,6-9H2,1-5H3. The molecule has 0 N–H and O–H groups in total. The monoisotopic (exact) mass is 391 g/mol. The number of fused-ring (bicyclic) bond motifs is 1. The predicted octanol–water partition coefficient (Wildman–Crippen LogP) is 4.32. The molecule has 0 spiro atoms. The molecule has 2 heterocycles. The fraction of sp³-hybridized carbons (Fsp3) is 0.579. The summed E-state index contributed by atoms with van der Waals surface area (Å²) in [5.41, 5.74) is 3.42. The van der Waals surface area contributed by atoms with Crippen LogP contribution in [0.2, 0.25) is 0 Å². The molecule has 4 nitrogen and oxygen atoms in total. The zero-order valence-electron chi connectivity index (χ0n) is 15.2. The van der Waals surface area contributed by atoms with Crippen molar-refractivity contribution in [2.75, 3.05) is 18.0 Å². The highest BCUT2D eigenvalue weighted by molar-refractivity contribution is 9.09. The number of alkyl halides is 1. The number of halogens is 1. The van der Waals surface area contributed by atoms with Gasteiger partial charge in [0.25, 0.3) is 5.56 Å². The van der Waals surface area contributed by atoms with E-state index in [1.165, 1.54) is 0 Å². The summed E-state index contributed by atoms with van der Waals surface area (Å²) in [5, 5.41) is 0.708. The Hall–Kier alpha value is -1.36. The van der Waals surface area contributed by atoms with E-state index in [2.05, 4.69) is 47.7 Å². The lowest BCUT2D eigenvalue weighted by atomic mass is 9.83. The van der Waals surface area contributed by atoms with Crippen molar-refractivity contribution in [2.24, 2.45) is 12.5 Å². The van der Waals surface area contributed by atoms with Crippen molar-refractivity contribution in [1.82, 2.24) is 9.55 Å². The number of hydrogen-bond donors (Lipinski definition) is 0. The van der Waals surface area contributed by atoms with E-state index in [-0.39, 0.29) is 10.4 Å². The van der Waals surface area contributed by atoms with Gasteiger partial charge in [-0.25, -0.2) is 4.98 Å². The van der Waals surface area contributed by atoms with Gasteiger partial charge in [-0.3, -0.25) is 9.36 Å². The summed E-state index contributed by atoms with van der Waals surface area (Å²) in [7, 11) is 1.84. The summed E-state index contributed by atoms with van der Waals surface area (Å²) >= 11 is 3.65. The van der Waals surface area contributed by atoms with Crippen molar-refractivity contribution in [1.29, 1.82) is 0 Å². The summed E-state index contributed by atoms with van der Waals surface area (Å²) in [6, 6.07) is 4.07. The Kier molecular flexibility index (Phi) is 4.49. The lowest BCUT2D eigenvalue weighted by Gasteiger charge is -2.38. The van der Waals surface area contributed by atoms with Crippen molar-refractivity contribution in [3.05, 3.63) is 33.6 Å². The Balaban J connectivity index is 2.17. The third-order valence-corrected chi connectivity index (χ3v) is 5.65. The molecule has 1 aromatic heterocycles. The van der Waals surface area contributed by atoms with Gasteiger partial charge < -0.3 is 4.90 Å². The van der Waals surface area contributed by atoms with Crippen LogP contribution < -0.4 is 10.5 Å². The molecule has 130 valence electrons. The van der Waals surface area contributed by atoms with Crippen LogP contribution in [0.1, 0.15) is 49.6 Å². The van der Waals surface area contributed by atoms with Gasteiger partial charge in [0.15, 0.2) is 0 Å². The smallest absolute Gasteiger partial charge is 0.262 e. The van der Waals surface area contributed by atoms with Crippen LogP contribution in [-0.2, 0) is 7.05 Å². The van der Waals surface area contributed by atoms with E-state index in [0.29, 0.717) is 10.8 Å². The van der Waals surface area contributed by atoms with Gasteiger partial charge in [0.05, 0.1) is 10.9 Å². The Morgan fingerprint density at radius 3 is 2.46 bits per heavy atom. The third-order valence-electron chi connectivity index (χ3n) is 5.16. The molecule has 5 heteroatoms. The number of aryl methyl sites for hydroxylation is 1. The van der Waals surface area contributed by atoms with Crippen molar-refractivity contribution in [3.8, 4) is 0 Å². The molecule has 0 radical (unpaired) electrons. The van der Waals surface area contributed by atoms with Crippen LogP contribution >= 0.6 is 15.9 Å². The maximum atomic E-state index is 12.9. The van der Waals surface area contributed by atoms with Crippen LogP contribution in [0.4, 0.5) is 5.95 Å². The van der Waals surface area contributed by atoms with Gasteiger partial charge in [0.2, 0.25) is 5.95 Å². The Labute approximate surface area is 152 Å². The van der Waals surface area contributed by atoms with Crippen LogP contribution in [0, 0.1) is 12.3 Å². The SMILES string of the molecule is Cc1cc(C(C)Br)c2nc(N3CCC(C)(C)CC3)n(C)c(=O)c2c1. The maximum absolute atomic E-state index is 12.9. The van der Waals surface area contributed by atoms with Crippen LogP contribution in [0.5, 0.6) is 0 Å². The molecule has 0 bridgehead atoms. The summed E-state index contributed by atoms with van der Waals surface area (Å²) in [4.78, 5) is 20.3. The Bertz CT molecular complexity index is 829. The number of anilines is 1. The van der Waals surface area contributed by atoms with Gasteiger partial charge in [-0.15, -0.1) is 0 Å². The first kappa shape index (κ1) is 17.5. The molecule has 2 aromatic rings. The number of piperidine rings is 1. The fourth-order valence-electron chi connectivity index (χ4n) is 3.44. The normalized spacial score (nSPS) is 18.8. The van der Waals surface area contributed by atoms with E-state index in [4.69, 9.17) is 4.98 Å². The van der Waals surface area contributed by atoms with E-state index in [1.807, 2.05) is 20.0 Å². The summed E-state index contributed by atoms with van der Waals surface area (Å²) in [6.45, 7) is 10.6. The van der Waals surface area contributed by atoms with Crippen LogP contribution in [0.15, 0.2) is 16.9 Å². The summed E-state index contributed by atoms with van der Waals surface area (Å²) in [5.74, 6) is 0.793. The number of hydrogen-bond acceptors (Lipinski definition) is 3. The molecule has 1 atom stereocenters. The van der Waals surface area contributed by atoms with Crippen molar-refractivity contribution in [2.45, 2.75) is 45.4 Å². The lowest BCUT2D eigenvalue weighted by Crippen LogP contribution is -2.40. The zero-order valence-corrected chi connectivity index (χ0v) is 16.8. The molecule has 1 saturated heterocycles. The molecule has 24 heavy (non-hydrogen) atoms. The van der Waals surface area contributed by atoms with Crippen LogP contribution in [0.25, 0.3) is 10.9 Å². The largest absolute Gasteiger partial charge is 0.342 e. The van der Waals surface area contributed by atoms with Crippen molar-refractivity contribution < 1.29 is 0 Å². The van der Waals surface area contributed by atoms with Crippen LogP contribution in [-0.4, -0.2) is 22.6 Å². The second kappa shape index (κ2) is 6.17. The van der Waals surface area contributed by atoms with Crippen LogP contribution in [0.3, 0.4) is 0 Å². The molecule has 1 unspecified atom stereocenters. The number of aromatic nitrogens is 2. The summed E-state index contributed by atoms with van der Waals surface area (Å²) in [6.07, 6.45) is 2.24. The predicted molar refractivity (Wildman–Crippen MR) is 104 cm³/mol.